The van der Waals surface area contributed by atoms with Gasteiger partial charge in [-0.2, -0.15) is 13.2 Å². The summed E-state index contributed by atoms with van der Waals surface area (Å²) in [7, 11) is 0. The van der Waals surface area contributed by atoms with Crippen LogP contribution >= 0.6 is 23.2 Å². The van der Waals surface area contributed by atoms with Crippen LogP contribution in [0, 0.1) is 6.92 Å². The van der Waals surface area contributed by atoms with Gasteiger partial charge in [0.1, 0.15) is 11.8 Å². The van der Waals surface area contributed by atoms with Gasteiger partial charge in [-0.15, -0.1) is 0 Å². The first-order valence-electron chi connectivity index (χ1n) is 4.12. The smallest absolute Gasteiger partial charge is 0.366 e. The van der Waals surface area contributed by atoms with E-state index in [0.29, 0.717) is 5.56 Å². The molecule has 90 valence electrons. The normalized spacial score (nSPS) is 11.9. The number of aromatic nitrogens is 2. The second-order valence-corrected chi connectivity index (χ2v) is 3.66. The van der Waals surface area contributed by atoms with Gasteiger partial charge < -0.3 is 4.74 Å². The molecule has 0 amide bonds. The third kappa shape index (κ3) is 4.11. The molecule has 0 aliphatic heterocycles. The van der Waals surface area contributed by atoms with Crippen LogP contribution in [0.2, 0.25) is 10.4 Å². The Morgan fingerprint density at radius 3 is 2.44 bits per heavy atom. The first kappa shape index (κ1) is 13.5. The maximum absolute atomic E-state index is 11.8. The topological polar surface area (TPSA) is 35.0 Å². The van der Waals surface area contributed by atoms with E-state index in [9.17, 15) is 13.2 Å². The van der Waals surface area contributed by atoms with Gasteiger partial charge in [0.2, 0.25) is 5.28 Å². The molecule has 1 rings (SSSR count). The van der Waals surface area contributed by atoms with Crippen LogP contribution < -0.4 is 0 Å². The van der Waals surface area contributed by atoms with Crippen molar-refractivity contribution in [1.29, 1.82) is 0 Å². The molecule has 0 aliphatic rings. The third-order valence-electron chi connectivity index (χ3n) is 1.66. The van der Waals surface area contributed by atoms with Gasteiger partial charge in [0.15, 0.2) is 0 Å². The Balaban J connectivity index is 2.67. The Morgan fingerprint density at radius 2 is 1.88 bits per heavy atom. The molecular weight excluding hydrogens is 268 g/mol. The van der Waals surface area contributed by atoms with E-state index < -0.39 is 12.8 Å². The molecule has 1 aromatic rings. The number of nitrogens with zero attached hydrogens (tertiary/aromatic N) is 2. The molecule has 0 saturated heterocycles. The number of hydrogen-bond donors (Lipinski definition) is 0. The van der Waals surface area contributed by atoms with Crippen molar-refractivity contribution in [3.63, 3.8) is 0 Å². The minimum Gasteiger partial charge on any atom is -0.366 e. The summed E-state index contributed by atoms with van der Waals surface area (Å²) in [6.07, 6.45) is -4.37. The van der Waals surface area contributed by atoms with Crippen molar-refractivity contribution in [2.24, 2.45) is 0 Å². The number of ether oxygens (including phenoxy) is 1. The van der Waals surface area contributed by atoms with E-state index in [0.717, 1.165) is 0 Å². The Bertz CT molecular complexity index is 384. The third-order valence-corrected chi connectivity index (χ3v) is 2.20. The van der Waals surface area contributed by atoms with E-state index in [1.54, 1.807) is 6.92 Å². The van der Waals surface area contributed by atoms with Gasteiger partial charge in [-0.1, -0.05) is 11.6 Å². The van der Waals surface area contributed by atoms with E-state index in [1.165, 1.54) is 0 Å². The fourth-order valence-electron chi connectivity index (χ4n) is 0.908. The van der Waals surface area contributed by atoms with E-state index in [1.807, 2.05) is 0 Å². The predicted molar refractivity (Wildman–Crippen MR) is 52.5 cm³/mol. The van der Waals surface area contributed by atoms with Crippen LogP contribution in [0.1, 0.15) is 11.3 Å². The minimum absolute atomic E-state index is 0.102. The summed E-state index contributed by atoms with van der Waals surface area (Å²) in [5, 5.41) is -0.0215. The first-order valence-corrected chi connectivity index (χ1v) is 4.88. The molecule has 0 unspecified atom stereocenters. The van der Waals surface area contributed by atoms with Crippen molar-refractivity contribution < 1.29 is 17.9 Å². The van der Waals surface area contributed by atoms with Gasteiger partial charge in [-0.05, 0) is 18.5 Å². The molecular formula is C8H7Cl2F3N2O. The van der Waals surface area contributed by atoms with Crippen LogP contribution in [0.25, 0.3) is 0 Å². The summed E-state index contributed by atoms with van der Waals surface area (Å²) in [6.45, 7) is -0.0794. The van der Waals surface area contributed by atoms with Gasteiger partial charge in [0.25, 0.3) is 0 Å². The Hall–Kier alpha value is -0.590. The average Bonchev–Trinajstić information content (AvgIpc) is 2.11. The van der Waals surface area contributed by atoms with Crippen molar-refractivity contribution in [1.82, 2.24) is 9.97 Å². The van der Waals surface area contributed by atoms with Crippen molar-refractivity contribution in [3.05, 3.63) is 21.7 Å². The van der Waals surface area contributed by atoms with Crippen molar-refractivity contribution in [2.45, 2.75) is 19.7 Å². The molecule has 0 aromatic carbocycles. The van der Waals surface area contributed by atoms with Crippen molar-refractivity contribution in [2.75, 3.05) is 6.61 Å². The zero-order valence-electron chi connectivity index (χ0n) is 8.11. The predicted octanol–water partition coefficient (Wildman–Crippen LogP) is 3.17. The van der Waals surface area contributed by atoms with Gasteiger partial charge >= 0.3 is 6.18 Å². The molecule has 0 spiro atoms. The molecule has 0 fully saturated rings. The molecule has 0 bridgehead atoms. The summed E-state index contributed by atoms with van der Waals surface area (Å²) in [6, 6.07) is 0. The van der Waals surface area contributed by atoms with Crippen molar-refractivity contribution >= 4 is 23.2 Å². The van der Waals surface area contributed by atoms with E-state index in [4.69, 9.17) is 23.2 Å². The fourth-order valence-corrected chi connectivity index (χ4v) is 1.33. The molecule has 0 saturated carbocycles. The second-order valence-electron chi connectivity index (χ2n) is 2.96. The fraction of sp³-hybridized carbons (Fsp3) is 0.500. The molecule has 8 heteroatoms. The van der Waals surface area contributed by atoms with Crippen LogP contribution in [0.3, 0.4) is 0 Å². The van der Waals surface area contributed by atoms with E-state index >= 15 is 0 Å². The summed E-state index contributed by atoms with van der Waals surface area (Å²) in [5.74, 6) is 0. The number of alkyl halides is 3. The van der Waals surface area contributed by atoms with Crippen LogP contribution in [0.5, 0.6) is 0 Å². The van der Waals surface area contributed by atoms with Gasteiger partial charge in [-0.25, -0.2) is 9.97 Å². The second kappa shape index (κ2) is 5.16. The van der Waals surface area contributed by atoms with Crippen LogP contribution in [0.15, 0.2) is 0 Å². The van der Waals surface area contributed by atoms with E-state index in [-0.39, 0.29) is 22.7 Å². The lowest BCUT2D eigenvalue weighted by molar-refractivity contribution is -0.176. The molecule has 3 nitrogen and oxygen atoms in total. The summed E-state index contributed by atoms with van der Waals surface area (Å²) in [5.41, 5.74) is 0.697. The first-order chi connectivity index (χ1) is 7.29. The molecule has 1 aromatic heterocycles. The Morgan fingerprint density at radius 1 is 1.25 bits per heavy atom. The quantitative estimate of drug-likeness (QED) is 0.627. The largest absolute Gasteiger partial charge is 0.411 e. The average molecular weight is 275 g/mol. The maximum Gasteiger partial charge on any atom is 0.411 e. The molecule has 0 radical (unpaired) electrons. The maximum atomic E-state index is 11.8. The summed E-state index contributed by atoms with van der Waals surface area (Å²) >= 11 is 11.2. The van der Waals surface area contributed by atoms with Gasteiger partial charge in [0, 0.05) is 5.56 Å². The summed E-state index contributed by atoms with van der Waals surface area (Å²) < 4.78 is 39.9. The van der Waals surface area contributed by atoms with E-state index in [2.05, 4.69) is 14.7 Å². The highest BCUT2D eigenvalue weighted by molar-refractivity contribution is 6.32. The summed E-state index contributed by atoms with van der Waals surface area (Å²) in [4.78, 5) is 7.36. The minimum atomic E-state index is -4.37. The number of halogens is 5. The lowest BCUT2D eigenvalue weighted by Crippen LogP contribution is -2.17. The van der Waals surface area contributed by atoms with Crippen LogP contribution in [0.4, 0.5) is 13.2 Å². The molecule has 16 heavy (non-hydrogen) atoms. The highest BCUT2D eigenvalue weighted by Crippen LogP contribution is 2.20. The Kier molecular flexibility index (Phi) is 4.35. The molecule has 0 N–H and O–H groups in total. The molecule has 1 heterocycles. The zero-order valence-corrected chi connectivity index (χ0v) is 9.62. The number of rotatable bonds is 3. The Labute approximate surface area is 99.5 Å². The molecule has 0 atom stereocenters. The number of hydrogen-bond acceptors (Lipinski definition) is 3. The van der Waals surface area contributed by atoms with Gasteiger partial charge in [-0.3, -0.25) is 0 Å². The molecule has 0 aliphatic carbocycles. The lowest BCUT2D eigenvalue weighted by Gasteiger charge is -2.09. The standard InChI is InChI=1S/C8H7Cl2F3N2O/c1-4-5(2-16-3-8(11,12)13)14-7(10)15-6(4)9/h2-3H2,1H3. The highest BCUT2D eigenvalue weighted by Gasteiger charge is 2.27. The zero-order chi connectivity index (χ0) is 12.3. The SMILES string of the molecule is Cc1c(Cl)nc(Cl)nc1COCC(F)(F)F. The van der Waals surface area contributed by atoms with Gasteiger partial charge in [0.05, 0.1) is 12.3 Å². The van der Waals surface area contributed by atoms with Crippen LogP contribution in [-0.4, -0.2) is 22.8 Å². The van der Waals surface area contributed by atoms with Crippen molar-refractivity contribution in [3.8, 4) is 0 Å². The monoisotopic (exact) mass is 274 g/mol. The highest BCUT2D eigenvalue weighted by atomic mass is 35.5. The van der Waals surface area contributed by atoms with Crippen LogP contribution in [-0.2, 0) is 11.3 Å². The lowest BCUT2D eigenvalue weighted by atomic mass is 10.3.